The summed E-state index contributed by atoms with van der Waals surface area (Å²) in [6.07, 6.45) is 0. The monoisotopic (exact) mass is 242 g/mol. The van der Waals surface area contributed by atoms with Gasteiger partial charge in [0.05, 0.1) is 0 Å². The van der Waals surface area contributed by atoms with Crippen LogP contribution >= 0.6 is 11.3 Å². The van der Waals surface area contributed by atoms with Gasteiger partial charge in [0.2, 0.25) is 5.41 Å². The highest BCUT2D eigenvalue weighted by Crippen LogP contribution is 2.44. The summed E-state index contributed by atoms with van der Waals surface area (Å²) in [5.41, 5.74) is -2.79. The SMILES string of the molecule is CC(C)(C)C(C(=O)O)(C(=O)O)c1cccs1. The molecular weight excluding hydrogens is 228 g/mol. The normalized spacial score (nSPS) is 12.4. The second kappa shape index (κ2) is 3.90. The van der Waals surface area contributed by atoms with Crippen LogP contribution in [-0.4, -0.2) is 22.2 Å². The van der Waals surface area contributed by atoms with Gasteiger partial charge in [-0.25, -0.2) is 0 Å². The Morgan fingerprint density at radius 1 is 1.19 bits per heavy atom. The van der Waals surface area contributed by atoms with E-state index in [1.807, 2.05) is 0 Å². The molecule has 2 N–H and O–H groups in total. The molecule has 88 valence electrons. The van der Waals surface area contributed by atoms with E-state index < -0.39 is 22.8 Å². The second-order valence-corrected chi connectivity index (χ2v) is 5.54. The maximum Gasteiger partial charge on any atom is 0.327 e. The molecule has 0 fully saturated rings. The van der Waals surface area contributed by atoms with Gasteiger partial charge < -0.3 is 10.2 Å². The standard InChI is InChI=1S/C11H14O4S/c1-10(2,3)11(8(12)13,9(14)15)7-5-4-6-16-7/h4-6H,1-3H3,(H,12,13)(H,14,15). The van der Waals surface area contributed by atoms with Crippen molar-refractivity contribution in [3.63, 3.8) is 0 Å². The van der Waals surface area contributed by atoms with Crippen LogP contribution in [0.3, 0.4) is 0 Å². The summed E-state index contributed by atoms with van der Waals surface area (Å²) in [6, 6.07) is 3.21. The fraction of sp³-hybridized carbons (Fsp3) is 0.455. The number of hydrogen-bond acceptors (Lipinski definition) is 3. The van der Waals surface area contributed by atoms with Crippen molar-refractivity contribution >= 4 is 23.3 Å². The topological polar surface area (TPSA) is 74.6 Å². The average Bonchev–Trinajstić information content (AvgIpc) is 2.53. The number of rotatable bonds is 3. The van der Waals surface area contributed by atoms with E-state index in [0.29, 0.717) is 4.88 Å². The van der Waals surface area contributed by atoms with Crippen molar-refractivity contribution in [2.75, 3.05) is 0 Å². The molecule has 0 aliphatic carbocycles. The van der Waals surface area contributed by atoms with Crippen LogP contribution in [0.5, 0.6) is 0 Å². The third-order valence-corrected chi connectivity index (χ3v) is 3.65. The first-order chi connectivity index (χ1) is 7.24. The Morgan fingerprint density at radius 3 is 1.94 bits per heavy atom. The molecular formula is C11H14O4S. The van der Waals surface area contributed by atoms with Crippen LogP contribution in [0.25, 0.3) is 0 Å². The van der Waals surface area contributed by atoms with E-state index in [2.05, 4.69) is 0 Å². The van der Waals surface area contributed by atoms with Crippen molar-refractivity contribution in [2.45, 2.75) is 26.2 Å². The van der Waals surface area contributed by atoms with Gasteiger partial charge in [-0.3, -0.25) is 9.59 Å². The highest BCUT2D eigenvalue weighted by atomic mass is 32.1. The number of carbonyl (C=O) groups is 2. The van der Waals surface area contributed by atoms with Gasteiger partial charge in [-0.2, -0.15) is 0 Å². The van der Waals surface area contributed by atoms with Gasteiger partial charge in [0.15, 0.2) is 0 Å². The molecule has 1 aromatic heterocycles. The molecule has 1 rings (SSSR count). The van der Waals surface area contributed by atoms with Crippen molar-refractivity contribution in [2.24, 2.45) is 5.41 Å². The first-order valence-corrected chi connectivity index (χ1v) is 5.63. The molecule has 0 amide bonds. The van der Waals surface area contributed by atoms with Crippen LogP contribution < -0.4 is 0 Å². The fourth-order valence-corrected chi connectivity index (χ4v) is 2.92. The molecule has 1 aromatic rings. The Kier molecular flexibility index (Phi) is 3.10. The zero-order chi connectivity index (χ0) is 12.6. The quantitative estimate of drug-likeness (QED) is 0.797. The van der Waals surface area contributed by atoms with E-state index in [4.69, 9.17) is 0 Å². The fourth-order valence-electron chi connectivity index (χ4n) is 1.81. The molecule has 0 aliphatic heterocycles. The summed E-state index contributed by atoms with van der Waals surface area (Å²) >= 11 is 1.15. The Morgan fingerprint density at radius 2 is 1.69 bits per heavy atom. The molecule has 0 spiro atoms. The Bertz CT molecular complexity index is 386. The molecule has 0 aliphatic rings. The third-order valence-electron chi connectivity index (χ3n) is 2.66. The van der Waals surface area contributed by atoms with Crippen molar-refractivity contribution in [3.8, 4) is 0 Å². The summed E-state index contributed by atoms with van der Waals surface area (Å²) in [4.78, 5) is 23.2. The van der Waals surface area contributed by atoms with E-state index in [9.17, 15) is 19.8 Å². The lowest BCUT2D eigenvalue weighted by molar-refractivity contribution is -0.163. The predicted octanol–water partition coefficient (Wildman–Crippen LogP) is 2.20. The molecule has 0 atom stereocenters. The molecule has 0 saturated carbocycles. The third kappa shape index (κ3) is 1.61. The number of thiophene rings is 1. The number of hydrogen-bond donors (Lipinski definition) is 2. The molecule has 4 nitrogen and oxygen atoms in total. The molecule has 0 radical (unpaired) electrons. The minimum absolute atomic E-state index is 0.347. The van der Waals surface area contributed by atoms with E-state index in [0.717, 1.165) is 11.3 Å². The molecule has 5 heteroatoms. The summed E-state index contributed by atoms with van der Waals surface area (Å²) < 4.78 is 0. The largest absolute Gasteiger partial charge is 0.480 e. The molecule has 0 unspecified atom stereocenters. The smallest absolute Gasteiger partial charge is 0.327 e. The Labute approximate surface area is 97.5 Å². The summed E-state index contributed by atoms with van der Waals surface area (Å²) in [7, 11) is 0. The van der Waals surface area contributed by atoms with Gasteiger partial charge in [-0.05, 0) is 16.9 Å². The highest BCUT2D eigenvalue weighted by molar-refractivity contribution is 7.10. The van der Waals surface area contributed by atoms with Crippen molar-refractivity contribution in [3.05, 3.63) is 22.4 Å². The van der Waals surface area contributed by atoms with Crippen LogP contribution in [0.1, 0.15) is 25.6 Å². The lowest BCUT2D eigenvalue weighted by atomic mass is 9.65. The van der Waals surface area contributed by atoms with Gasteiger partial charge in [0, 0.05) is 4.88 Å². The lowest BCUT2D eigenvalue weighted by Crippen LogP contribution is -2.53. The van der Waals surface area contributed by atoms with Crippen LogP contribution in [0, 0.1) is 5.41 Å². The molecule has 16 heavy (non-hydrogen) atoms. The van der Waals surface area contributed by atoms with Crippen LogP contribution in [0.2, 0.25) is 0 Å². The van der Waals surface area contributed by atoms with Gasteiger partial charge in [-0.1, -0.05) is 26.8 Å². The van der Waals surface area contributed by atoms with Gasteiger partial charge in [0.1, 0.15) is 0 Å². The van der Waals surface area contributed by atoms with Crippen LogP contribution in [-0.2, 0) is 15.0 Å². The van der Waals surface area contributed by atoms with E-state index in [1.165, 1.54) is 0 Å². The van der Waals surface area contributed by atoms with E-state index in [-0.39, 0.29) is 0 Å². The zero-order valence-corrected chi connectivity index (χ0v) is 10.2. The minimum Gasteiger partial charge on any atom is -0.480 e. The Hall–Kier alpha value is -1.36. The van der Waals surface area contributed by atoms with Gasteiger partial charge in [-0.15, -0.1) is 11.3 Å². The Balaban J connectivity index is 3.54. The molecule has 0 aromatic carbocycles. The first-order valence-electron chi connectivity index (χ1n) is 4.75. The van der Waals surface area contributed by atoms with Gasteiger partial charge >= 0.3 is 11.9 Å². The molecule has 0 saturated heterocycles. The van der Waals surface area contributed by atoms with E-state index in [1.54, 1.807) is 38.3 Å². The second-order valence-electron chi connectivity index (χ2n) is 4.59. The molecule has 0 bridgehead atoms. The maximum atomic E-state index is 11.4. The zero-order valence-electron chi connectivity index (χ0n) is 9.35. The van der Waals surface area contributed by atoms with E-state index >= 15 is 0 Å². The van der Waals surface area contributed by atoms with Gasteiger partial charge in [0.25, 0.3) is 0 Å². The summed E-state index contributed by atoms with van der Waals surface area (Å²) in [5.74, 6) is -2.65. The first kappa shape index (κ1) is 12.7. The summed E-state index contributed by atoms with van der Waals surface area (Å²) in [6.45, 7) is 4.86. The summed E-state index contributed by atoms with van der Waals surface area (Å²) in [5, 5.41) is 20.3. The van der Waals surface area contributed by atoms with Crippen LogP contribution in [0.4, 0.5) is 0 Å². The maximum absolute atomic E-state index is 11.4. The van der Waals surface area contributed by atoms with Crippen LogP contribution in [0.15, 0.2) is 17.5 Å². The minimum atomic E-state index is -1.89. The number of carboxylic acid groups (broad SMARTS) is 2. The predicted molar refractivity (Wildman–Crippen MR) is 60.7 cm³/mol. The van der Waals surface area contributed by atoms with Crippen molar-refractivity contribution < 1.29 is 19.8 Å². The number of aliphatic carboxylic acids is 2. The average molecular weight is 242 g/mol. The lowest BCUT2D eigenvalue weighted by Gasteiger charge is -2.36. The van der Waals surface area contributed by atoms with Crippen molar-refractivity contribution in [1.82, 2.24) is 0 Å². The number of carboxylic acids is 2. The molecule has 1 heterocycles. The van der Waals surface area contributed by atoms with Crippen molar-refractivity contribution in [1.29, 1.82) is 0 Å². The highest BCUT2D eigenvalue weighted by Gasteiger charge is 2.57.